The largest absolute Gasteiger partial charge is 0.379 e. The smallest absolute Gasteiger partial charge is 0.254 e. The summed E-state index contributed by atoms with van der Waals surface area (Å²) in [7, 11) is -4.98. The first kappa shape index (κ1) is 44.7. The molecule has 0 spiro atoms. The third-order valence-electron chi connectivity index (χ3n) is 9.03. The van der Waals surface area contributed by atoms with Gasteiger partial charge in [-0.2, -0.15) is 41.3 Å². The van der Waals surface area contributed by atoms with Gasteiger partial charge in [0.2, 0.25) is 5.91 Å². The van der Waals surface area contributed by atoms with Crippen LogP contribution in [0.15, 0.2) is 48.8 Å². The van der Waals surface area contributed by atoms with E-state index in [9.17, 15) is 13.2 Å². The fourth-order valence-corrected chi connectivity index (χ4v) is 10.5. The number of morpholine rings is 2. The van der Waals surface area contributed by atoms with Crippen LogP contribution >= 0.6 is 27.0 Å². The van der Waals surface area contributed by atoms with E-state index in [1.807, 2.05) is 23.2 Å². The first-order chi connectivity index (χ1) is 22.9. The number of nitrogens with two attached hydrogens (primary N) is 2. The van der Waals surface area contributed by atoms with Crippen LogP contribution in [0.1, 0.15) is 18.6 Å². The number of benzene rings is 2. The minimum atomic E-state index is -3.50. The molecule has 1 amide bonds. The van der Waals surface area contributed by atoms with Crippen LogP contribution in [0.2, 0.25) is 25.7 Å². The van der Waals surface area contributed by atoms with Gasteiger partial charge in [0.05, 0.1) is 61.6 Å². The molecule has 286 valence electrons. The maximum atomic E-state index is 12.8. The van der Waals surface area contributed by atoms with Gasteiger partial charge < -0.3 is 20.9 Å². The summed E-state index contributed by atoms with van der Waals surface area (Å²) >= 11 is 0. The van der Waals surface area contributed by atoms with E-state index in [1.54, 1.807) is 12.3 Å². The van der Waals surface area contributed by atoms with Gasteiger partial charge in [-0.1, -0.05) is 39.2 Å². The van der Waals surface area contributed by atoms with E-state index >= 15 is 0 Å². The van der Waals surface area contributed by atoms with Gasteiger partial charge in [-0.3, -0.25) is 19.7 Å². The van der Waals surface area contributed by atoms with Gasteiger partial charge in [-0.15, -0.1) is 0 Å². The lowest BCUT2D eigenvalue weighted by atomic mass is 10.0. The van der Waals surface area contributed by atoms with Crippen molar-refractivity contribution in [3.63, 3.8) is 0 Å². The van der Waals surface area contributed by atoms with Crippen LogP contribution in [0.4, 0.5) is 0 Å². The van der Waals surface area contributed by atoms with Crippen molar-refractivity contribution in [1.82, 2.24) is 29.2 Å². The van der Waals surface area contributed by atoms with Crippen molar-refractivity contribution in [2.45, 2.75) is 58.0 Å². The van der Waals surface area contributed by atoms with Crippen molar-refractivity contribution < 1.29 is 22.7 Å². The molecule has 2 aromatic heterocycles. The number of carbonyl (C=O) groups excluding carboxylic acids is 1. The van der Waals surface area contributed by atoms with Crippen molar-refractivity contribution >= 4 is 72.8 Å². The summed E-state index contributed by atoms with van der Waals surface area (Å²) in [5.41, 5.74) is 15.5. The van der Waals surface area contributed by atoms with Crippen molar-refractivity contribution in [3.05, 3.63) is 59.9 Å². The van der Waals surface area contributed by atoms with Gasteiger partial charge in [0.1, 0.15) is 0 Å². The van der Waals surface area contributed by atoms with Crippen LogP contribution in [0.3, 0.4) is 0 Å². The topological polar surface area (TPSA) is 175 Å². The molecule has 51 heavy (non-hydrogen) atoms. The Morgan fingerprint density at radius 1 is 0.902 bits per heavy atom. The SMILES string of the molecule is C.C[Si](C)(C)CCS(=O)(=O)n1ncc2cc(C[C@@H](C(N)=O)N3CCOCC3)ccc21.NC[C@H](Cc1ccc2[nH]ncc2c1)N1CCOCC1.S.S. The maximum absolute atomic E-state index is 12.8. The number of hydrogen-bond acceptors (Lipinski definition) is 10. The van der Waals surface area contributed by atoms with Crippen molar-refractivity contribution in [2.24, 2.45) is 11.5 Å². The lowest BCUT2D eigenvalue weighted by Gasteiger charge is -2.33. The van der Waals surface area contributed by atoms with Gasteiger partial charge >= 0.3 is 0 Å². The Morgan fingerprint density at radius 2 is 1.49 bits per heavy atom. The molecule has 0 bridgehead atoms. The van der Waals surface area contributed by atoms with Crippen LogP contribution in [0.25, 0.3) is 21.8 Å². The number of aromatic nitrogens is 4. The number of H-pyrrole nitrogens is 1. The predicted octanol–water partition coefficient (Wildman–Crippen LogP) is 2.91. The van der Waals surface area contributed by atoms with Crippen LogP contribution in [-0.4, -0.2) is 129 Å². The standard InChI is InChI=1S/C19H30N4O4SSi.C14H20N4O.CH4.2H2S/c1-29(2,3)11-10-28(25,26)23-17-5-4-15(12-16(17)14-21-23)13-18(19(20)24)22-6-8-27-9-7-22;15-9-13(18-3-5-19-6-4-18)8-11-1-2-14-12(7-11)10-16-17-14;;;/h4-5,12,14,18H,6-11,13H2,1-3H3,(H2,20,24);1-2,7,10,13H,3-6,8-9,15H2,(H,16,17);1H4;2*1H2/t18-;13-;;;/m00.../s1. The Bertz CT molecular complexity index is 1770. The van der Waals surface area contributed by atoms with Crippen molar-refractivity contribution in [2.75, 3.05) is 64.9 Å². The number of amides is 1. The second kappa shape index (κ2) is 20.1. The number of hydrogen-bond donors (Lipinski definition) is 3. The molecule has 13 nitrogen and oxygen atoms in total. The van der Waals surface area contributed by atoms with Gasteiger partial charge in [0.15, 0.2) is 0 Å². The molecule has 0 radical (unpaired) electrons. The second-order valence-corrected chi connectivity index (χ2v) is 21.4. The molecule has 0 aliphatic carbocycles. The fourth-order valence-electron chi connectivity index (χ4n) is 6.15. The highest BCUT2D eigenvalue weighted by atomic mass is 32.2. The Morgan fingerprint density at radius 3 is 2.10 bits per heavy atom. The number of ether oxygens (including phenoxy) is 2. The molecule has 2 fully saturated rings. The average molecular weight is 783 g/mol. The quantitative estimate of drug-likeness (QED) is 0.181. The van der Waals surface area contributed by atoms with Gasteiger partial charge in [-0.05, 0) is 54.3 Å². The normalized spacial score (nSPS) is 16.9. The van der Waals surface area contributed by atoms with Gasteiger partial charge in [-0.25, -0.2) is 8.42 Å². The Kier molecular flexibility index (Phi) is 17.6. The lowest BCUT2D eigenvalue weighted by Crippen LogP contribution is -2.50. The summed E-state index contributed by atoms with van der Waals surface area (Å²) in [4.78, 5) is 16.5. The monoisotopic (exact) mass is 782 g/mol. The Labute approximate surface area is 317 Å². The van der Waals surface area contributed by atoms with Crippen LogP contribution < -0.4 is 11.5 Å². The summed E-state index contributed by atoms with van der Waals surface area (Å²) in [5, 5.41) is 13.1. The maximum Gasteiger partial charge on any atom is 0.254 e. The zero-order valence-electron chi connectivity index (χ0n) is 29.3. The molecular formula is C34H58N8O5S3Si. The molecule has 0 unspecified atom stereocenters. The number of rotatable bonds is 12. The van der Waals surface area contributed by atoms with E-state index in [-0.39, 0.29) is 46.1 Å². The molecule has 6 rings (SSSR count). The molecule has 2 aromatic carbocycles. The van der Waals surface area contributed by atoms with E-state index in [2.05, 4.69) is 58.0 Å². The minimum absolute atomic E-state index is 0. The third-order valence-corrected chi connectivity index (χ3v) is 12.7. The zero-order valence-corrected chi connectivity index (χ0v) is 33.1. The summed E-state index contributed by atoms with van der Waals surface area (Å²) in [5.74, 6) is -0.265. The van der Waals surface area contributed by atoms with Crippen molar-refractivity contribution in [3.8, 4) is 0 Å². The highest BCUT2D eigenvalue weighted by molar-refractivity contribution is 7.90. The minimum Gasteiger partial charge on any atom is -0.379 e. The molecule has 2 atom stereocenters. The van der Waals surface area contributed by atoms with Crippen LogP contribution in [-0.2, 0) is 37.1 Å². The lowest BCUT2D eigenvalue weighted by molar-refractivity contribution is -0.124. The first-order valence-electron chi connectivity index (χ1n) is 16.7. The van der Waals surface area contributed by atoms with Crippen LogP contribution in [0, 0.1) is 0 Å². The Balaban J connectivity index is 0.000000358. The van der Waals surface area contributed by atoms with E-state index < -0.39 is 24.1 Å². The summed E-state index contributed by atoms with van der Waals surface area (Å²) < 4.78 is 37.4. The molecule has 2 aliphatic heterocycles. The molecule has 4 heterocycles. The van der Waals surface area contributed by atoms with E-state index in [0.717, 1.165) is 58.7 Å². The van der Waals surface area contributed by atoms with E-state index in [0.29, 0.717) is 56.9 Å². The van der Waals surface area contributed by atoms with Crippen LogP contribution in [0.5, 0.6) is 0 Å². The molecule has 0 saturated carbocycles. The third kappa shape index (κ3) is 12.3. The number of primary amides is 1. The highest BCUT2D eigenvalue weighted by Gasteiger charge is 2.27. The summed E-state index contributed by atoms with van der Waals surface area (Å²) in [6.07, 6.45) is 4.89. The Hall–Kier alpha value is -2.48. The number of nitrogens with one attached hydrogen (secondary N) is 1. The molecule has 2 saturated heterocycles. The molecule has 5 N–H and O–H groups in total. The number of nitrogens with zero attached hydrogens (tertiary/aromatic N) is 5. The second-order valence-electron chi connectivity index (χ2n) is 13.8. The number of fused-ring (bicyclic) bond motifs is 2. The van der Waals surface area contributed by atoms with Crippen molar-refractivity contribution in [1.29, 1.82) is 0 Å². The molecule has 17 heteroatoms. The number of carbonyl (C=O) groups is 1. The molecule has 2 aliphatic rings. The van der Waals surface area contributed by atoms with E-state index in [1.165, 1.54) is 5.56 Å². The average Bonchev–Trinajstić information content (AvgIpc) is 3.73. The van der Waals surface area contributed by atoms with Gasteiger partial charge in [0, 0.05) is 57.6 Å². The van der Waals surface area contributed by atoms with E-state index in [4.69, 9.17) is 20.9 Å². The molecular weight excluding hydrogens is 725 g/mol. The fraction of sp³-hybridized carbons (Fsp3) is 0.559. The zero-order chi connectivity index (χ0) is 34.3. The summed E-state index contributed by atoms with van der Waals surface area (Å²) in [6.45, 7) is 13.3. The molecule has 4 aromatic rings. The van der Waals surface area contributed by atoms with Gasteiger partial charge in [0.25, 0.3) is 10.0 Å². The predicted molar refractivity (Wildman–Crippen MR) is 219 cm³/mol. The summed E-state index contributed by atoms with van der Waals surface area (Å²) in [6, 6.07) is 12.6. The highest BCUT2D eigenvalue weighted by Crippen LogP contribution is 2.22. The number of aromatic amines is 1. The first-order valence-corrected chi connectivity index (χ1v) is 22.0.